The second kappa shape index (κ2) is 9.40. The molecule has 142 valence electrons. The van der Waals surface area contributed by atoms with Crippen LogP contribution in [-0.4, -0.2) is 43.5 Å². The van der Waals surface area contributed by atoms with Crippen LogP contribution in [0.15, 0.2) is 41.1 Å². The number of nitrogens with one attached hydrogen (secondary N) is 1. The molecule has 4 nitrogen and oxygen atoms in total. The lowest BCUT2D eigenvalue weighted by Crippen LogP contribution is -2.43. The van der Waals surface area contributed by atoms with Crippen LogP contribution in [0, 0.1) is 0 Å². The van der Waals surface area contributed by atoms with Crippen LogP contribution in [0.25, 0.3) is 0 Å². The van der Waals surface area contributed by atoms with Crippen LogP contribution in [0.3, 0.4) is 0 Å². The van der Waals surface area contributed by atoms with Crippen molar-refractivity contribution < 1.29 is 4.79 Å². The van der Waals surface area contributed by atoms with Gasteiger partial charge in [0.25, 0.3) is 0 Å². The smallest absolute Gasteiger partial charge is 0.317 e. The maximum absolute atomic E-state index is 12.7. The number of hydrogen-bond acceptors (Lipinski definition) is 3. The third kappa shape index (κ3) is 4.58. The van der Waals surface area contributed by atoms with Crippen LogP contribution < -0.4 is 5.32 Å². The Morgan fingerprint density at radius 1 is 1.27 bits per heavy atom. The van der Waals surface area contributed by atoms with Gasteiger partial charge in [-0.2, -0.15) is 11.3 Å². The molecule has 3 rings (SSSR count). The molecule has 6 heteroatoms. The zero-order valence-electron chi connectivity index (χ0n) is 15.6. The van der Waals surface area contributed by atoms with E-state index < -0.39 is 0 Å². The molecule has 1 aliphatic rings. The van der Waals surface area contributed by atoms with E-state index in [0.29, 0.717) is 6.54 Å². The first kappa shape index (κ1) is 20.7. The van der Waals surface area contributed by atoms with Gasteiger partial charge in [-0.3, -0.25) is 0 Å². The van der Waals surface area contributed by atoms with Gasteiger partial charge in [-0.1, -0.05) is 24.3 Å². The minimum atomic E-state index is 0. The molecular formula is C20H28ClN3OS. The van der Waals surface area contributed by atoms with Gasteiger partial charge in [0, 0.05) is 13.6 Å². The normalized spacial score (nSPS) is 17.2. The van der Waals surface area contributed by atoms with E-state index >= 15 is 0 Å². The molecule has 0 saturated heterocycles. The molecule has 1 aromatic carbocycles. The predicted molar refractivity (Wildman–Crippen MR) is 111 cm³/mol. The van der Waals surface area contributed by atoms with Gasteiger partial charge in [-0.15, -0.1) is 12.4 Å². The van der Waals surface area contributed by atoms with Crippen LogP contribution in [0.5, 0.6) is 0 Å². The third-order valence-corrected chi connectivity index (χ3v) is 5.83. The van der Waals surface area contributed by atoms with Crippen molar-refractivity contribution in [2.45, 2.75) is 31.3 Å². The molecule has 26 heavy (non-hydrogen) atoms. The van der Waals surface area contributed by atoms with Crippen molar-refractivity contribution >= 4 is 29.8 Å². The van der Waals surface area contributed by atoms with E-state index in [1.54, 1.807) is 11.3 Å². The molecule has 0 bridgehead atoms. The van der Waals surface area contributed by atoms with Crippen molar-refractivity contribution in [2.75, 3.05) is 27.7 Å². The third-order valence-electron chi connectivity index (χ3n) is 5.12. The summed E-state index contributed by atoms with van der Waals surface area (Å²) in [5.74, 6) is 0. The van der Waals surface area contributed by atoms with E-state index in [0.717, 1.165) is 19.3 Å². The maximum Gasteiger partial charge on any atom is 0.317 e. The van der Waals surface area contributed by atoms with Gasteiger partial charge in [0.05, 0.1) is 12.1 Å². The second-order valence-electron chi connectivity index (χ2n) is 6.94. The molecule has 0 spiro atoms. The Morgan fingerprint density at radius 2 is 2.04 bits per heavy atom. The Kier molecular flexibility index (Phi) is 7.50. The number of amides is 2. The first-order valence-electron chi connectivity index (χ1n) is 8.85. The van der Waals surface area contributed by atoms with Crippen molar-refractivity contribution in [2.24, 2.45) is 0 Å². The lowest BCUT2D eigenvalue weighted by Gasteiger charge is -2.34. The molecule has 0 aliphatic heterocycles. The van der Waals surface area contributed by atoms with Crippen molar-refractivity contribution in [1.82, 2.24) is 15.1 Å². The van der Waals surface area contributed by atoms with Crippen LogP contribution in [0.2, 0.25) is 0 Å². The number of benzene rings is 1. The van der Waals surface area contributed by atoms with Crippen LogP contribution in [0.4, 0.5) is 4.79 Å². The summed E-state index contributed by atoms with van der Waals surface area (Å²) in [5, 5.41) is 7.36. The van der Waals surface area contributed by atoms with Crippen molar-refractivity contribution in [1.29, 1.82) is 0 Å². The van der Waals surface area contributed by atoms with E-state index in [2.05, 4.69) is 65.4 Å². The molecule has 1 N–H and O–H groups in total. The minimum absolute atomic E-state index is 0. The highest BCUT2D eigenvalue weighted by atomic mass is 35.5. The first-order chi connectivity index (χ1) is 12.1. The zero-order valence-corrected chi connectivity index (χ0v) is 17.3. The number of fused-ring (bicyclic) bond motifs is 1. The average molecular weight is 394 g/mol. The largest absolute Gasteiger partial charge is 0.336 e. The number of carbonyl (C=O) groups excluding carboxylic acids is 1. The van der Waals surface area contributed by atoms with E-state index in [-0.39, 0.29) is 30.5 Å². The van der Waals surface area contributed by atoms with Crippen LogP contribution in [0.1, 0.15) is 41.6 Å². The van der Waals surface area contributed by atoms with Gasteiger partial charge in [0.15, 0.2) is 0 Å². The van der Waals surface area contributed by atoms with E-state index in [1.165, 1.54) is 16.7 Å². The molecule has 1 aliphatic carbocycles. The molecule has 1 unspecified atom stereocenters. The number of thiophene rings is 1. The van der Waals surface area contributed by atoms with Gasteiger partial charge in [0.2, 0.25) is 0 Å². The summed E-state index contributed by atoms with van der Waals surface area (Å²) in [5.41, 5.74) is 3.93. The SMILES string of the molecule is CN(C)C(CNC(=O)N(C)[C@@H]1CCCc2ccccc21)c1ccsc1.Cl. The Balaban J connectivity index is 0.00000243. The number of aryl methyl sites for hydroxylation is 1. The fourth-order valence-corrected chi connectivity index (χ4v) is 4.35. The summed E-state index contributed by atoms with van der Waals surface area (Å²) in [6.07, 6.45) is 3.28. The average Bonchev–Trinajstić information content (AvgIpc) is 3.14. The standard InChI is InChI=1S/C20H27N3OS.ClH/c1-22(2)19(16-11-12-25-14-16)13-21-20(24)23(3)18-10-6-8-15-7-4-5-9-17(15)18;/h4-5,7,9,11-12,14,18-19H,6,8,10,13H2,1-3H3,(H,21,24);1H/t18-,19?;/m1./s1. The monoisotopic (exact) mass is 393 g/mol. The number of urea groups is 1. The lowest BCUT2D eigenvalue weighted by molar-refractivity contribution is 0.179. The number of likely N-dealkylation sites (N-methyl/N-ethyl adjacent to an activating group) is 1. The number of rotatable bonds is 5. The van der Waals surface area contributed by atoms with Gasteiger partial charge in [0.1, 0.15) is 0 Å². The Morgan fingerprint density at radius 3 is 2.73 bits per heavy atom. The van der Waals surface area contributed by atoms with Crippen LogP contribution >= 0.6 is 23.7 Å². The molecule has 0 saturated carbocycles. The zero-order chi connectivity index (χ0) is 17.8. The fraction of sp³-hybridized carbons (Fsp3) is 0.450. The fourth-order valence-electron chi connectivity index (χ4n) is 3.64. The van der Waals surface area contributed by atoms with E-state index in [1.807, 2.05) is 11.9 Å². The highest BCUT2D eigenvalue weighted by Gasteiger charge is 2.27. The summed E-state index contributed by atoms with van der Waals surface area (Å²) >= 11 is 1.69. The molecular weight excluding hydrogens is 366 g/mol. The van der Waals surface area contributed by atoms with E-state index in [9.17, 15) is 4.79 Å². The van der Waals surface area contributed by atoms with Gasteiger partial charge in [-0.05, 0) is 66.9 Å². The van der Waals surface area contributed by atoms with Gasteiger partial charge < -0.3 is 15.1 Å². The molecule has 1 aromatic heterocycles. The summed E-state index contributed by atoms with van der Waals surface area (Å²) in [6.45, 7) is 0.612. The van der Waals surface area contributed by atoms with Crippen molar-refractivity contribution in [3.8, 4) is 0 Å². The predicted octanol–water partition coefficient (Wildman–Crippen LogP) is 4.49. The second-order valence-corrected chi connectivity index (χ2v) is 7.72. The molecule has 2 amide bonds. The van der Waals surface area contributed by atoms with E-state index in [4.69, 9.17) is 0 Å². The van der Waals surface area contributed by atoms with Crippen LogP contribution in [-0.2, 0) is 6.42 Å². The number of nitrogens with zero attached hydrogens (tertiary/aromatic N) is 2. The summed E-state index contributed by atoms with van der Waals surface area (Å²) < 4.78 is 0. The summed E-state index contributed by atoms with van der Waals surface area (Å²) in [7, 11) is 6.02. The number of halogens is 1. The molecule has 2 atom stereocenters. The minimum Gasteiger partial charge on any atom is -0.336 e. The quantitative estimate of drug-likeness (QED) is 0.812. The lowest BCUT2D eigenvalue weighted by atomic mass is 9.87. The van der Waals surface area contributed by atoms with Crippen molar-refractivity contribution in [3.63, 3.8) is 0 Å². The molecule has 0 radical (unpaired) electrons. The highest BCUT2D eigenvalue weighted by molar-refractivity contribution is 7.07. The van der Waals surface area contributed by atoms with Gasteiger partial charge in [-0.25, -0.2) is 4.79 Å². The number of hydrogen-bond donors (Lipinski definition) is 1. The topological polar surface area (TPSA) is 35.6 Å². The summed E-state index contributed by atoms with van der Waals surface area (Å²) in [6, 6.07) is 11.0. The first-order valence-corrected chi connectivity index (χ1v) is 9.79. The Labute approximate surface area is 166 Å². The van der Waals surface area contributed by atoms with Gasteiger partial charge >= 0.3 is 6.03 Å². The molecule has 0 fully saturated rings. The highest BCUT2D eigenvalue weighted by Crippen LogP contribution is 2.33. The molecule has 2 aromatic rings. The Bertz CT molecular complexity index is 705. The summed E-state index contributed by atoms with van der Waals surface area (Å²) in [4.78, 5) is 16.8. The molecule has 1 heterocycles. The Hall–Kier alpha value is -1.56. The van der Waals surface area contributed by atoms with Crippen molar-refractivity contribution in [3.05, 3.63) is 57.8 Å². The number of carbonyl (C=O) groups is 1. The maximum atomic E-state index is 12.7.